The summed E-state index contributed by atoms with van der Waals surface area (Å²) in [6, 6.07) is 0.155. The van der Waals surface area contributed by atoms with Crippen LogP contribution in [0.25, 0.3) is 0 Å². The van der Waals surface area contributed by atoms with E-state index >= 15 is 0 Å². The summed E-state index contributed by atoms with van der Waals surface area (Å²) in [5.74, 6) is 0.584. The Hall–Kier alpha value is -0.860. The quantitative estimate of drug-likeness (QED) is 0.773. The first-order chi connectivity index (χ1) is 8.19. The second-order valence-corrected chi connectivity index (χ2v) is 7.11. The van der Waals surface area contributed by atoms with Crippen LogP contribution in [0.5, 0.6) is 0 Å². The first-order valence-electron chi connectivity index (χ1n) is 6.99. The highest BCUT2D eigenvalue weighted by Crippen LogP contribution is 2.69. The van der Waals surface area contributed by atoms with E-state index in [1.807, 2.05) is 4.90 Å². The molecule has 0 aromatic heterocycles. The van der Waals surface area contributed by atoms with Crippen molar-refractivity contribution >= 4 is 11.7 Å². The lowest BCUT2D eigenvalue weighted by atomic mass is 10.0. The maximum absolute atomic E-state index is 12.6. The van der Waals surface area contributed by atoms with Gasteiger partial charge in [-0.15, -0.1) is 0 Å². The van der Waals surface area contributed by atoms with Crippen molar-refractivity contribution in [1.29, 1.82) is 0 Å². The van der Waals surface area contributed by atoms with E-state index in [-0.39, 0.29) is 34.5 Å². The smallest absolute Gasteiger partial charge is 0.227 e. The Balaban J connectivity index is 2.08. The predicted octanol–water partition coefficient (Wildman–Crippen LogP) is 2.64. The van der Waals surface area contributed by atoms with Crippen molar-refractivity contribution in [2.75, 3.05) is 6.54 Å². The summed E-state index contributed by atoms with van der Waals surface area (Å²) < 4.78 is 0. The largest absolute Gasteiger partial charge is 0.339 e. The average Bonchev–Trinajstić information content (AvgIpc) is 2.58. The fourth-order valence-electron chi connectivity index (χ4n) is 3.65. The molecular formula is C15H25NO2. The highest BCUT2D eigenvalue weighted by Gasteiger charge is 2.69. The van der Waals surface area contributed by atoms with Crippen LogP contribution in [0.2, 0.25) is 0 Å². The summed E-state index contributed by atoms with van der Waals surface area (Å²) >= 11 is 0. The number of likely N-dealkylation sites (tertiary alicyclic amines) is 1. The number of hydrogen-bond acceptors (Lipinski definition) is 2. The first-order valence-corrected chi connectivity index (χ1v) is 6.99. The maximum Gasteiger partial charge on any atom is 0.227 e. The van der Waals surface area contributed by atoms with E-state index in [1.54, 1.807) is 6.92 Å². The molecular weight excluding hydrogens is 226 g/mol. The molecule has 1 aliphatic carbocycles. The molecule has 0 aromatic carbocycles. The minimum Gasteiger partial charge on any atom is -0.339 e. The van der Waals surface area contributed by atoms with Gasteiger partial charge in [0.2, 0.25) is 5.91 Å². The molecule has 0 N–H and O–H groups in total. The molecule has 3 heteroatoms. The van der Waals surface area contributed by atoms with Gasteiger partial charge in [-0.2, -0.15) is 0 Å². The molecule has 3 nitrogen and oxygen atoms in total. The zero-order valence-electron chi connectivity index (χ0n) is 12.2. The molecule has 1 saturated carbocycles. The summed E-state index contributed by atoms with van der Waals surface area (Å²) in [5, 5.41) is 0. The zero-order chi connectivity index (χ0) is 13.7. The van der Waals surface area contributed by atoms with Gasteiger partial charge in [0.1, 0.15) is 5.78 Å². The molecule has 1 saturated heterocycles. The molecule has 1 atom stereocenters. The summed E-state index contributed by atoms with van der Waals surface area (Å²) in [6.45, 7) is 11.1. The number of nitrogens with zero attached hydrogens (tertiary/aromatic N) is 1. The van der Waals surface area contributed by atoms with Gasteiger partial charge in [-0.25, -0.2) is 0 Å². The van der Waals surface area contributed by atoms with Crippen LogP contribution in [0.15, 0.2) is 0 Å². The van der Waals surface area contributed by atoms with Crippen LogP contribution in [-0.2, 0) is 9.59 Å². The second kappa shape index (κ2) is 4.07. The zero-order valence-corrected chi connectivity index (χ0v) is 12.2. The standard InChI is InChI=1S/C15H25NO2/c1-10(17)9-11-7-6-8-16(11)13(18)12-14(2,3)15(12,4)5/h11-12H,6-9H2,1-5H3. The highest BCUT2D eigenvalue weighted by atomic mass is 16.2. The molecule has 18 heavy (non-hydrogen) atoms. The minimum absolute atomic E-state index is 0.0907. The summed E-state index contributed by atoms with van der Waals surface area (Å²) in [4.78, 5) is 25.9. The van der Waals surface area contributed by atoms with E-state index in [9.17, 15) is 9.59 Å². The molecule has 1 heterocycles. The lowest BCUT2D eigenvalue weighted by molar-refractivity contribution is -0.135. The fourth-order valence-corrected chi connectivity index (χ4v) is 3.65. The third-order valence-corrected chi connectivity index (χ3v) is 5.45. The number of ketones is 1. The van der Waals surface area contributed by atoms with Gasteiger partial charge in [-0.05, 0) is 30.6 Å². The highest BCUT2D eigenvalue weighted by molar-refractivity contribution is 5.85. The number of hydrogen-bond donors (Lipinski definition) is 0. The number of Topliss-reactive ketones (excluding diaryl/α,β-unsaturated/α-hetero) is 1. The number of rotatable bonds is 3. The lowest BCUT2D eigenvalue weighted by Gasteiger charge is -2.25. The van der Waals surface area contributed by atoms with Crippen LogP contribution in [0, 0.1) is 16.7 Å². The summed E-state index contributed by atoms with van der Waals surface area (Å²) in [7, 11) is 0. The van der Waals surface area contributed by atoms with Crippen LogP contribution < -0.4 is 0 Å². The summed E-state index contributed by atoms with van der Waals surface area (Å²) in [6.07, 6.45) is 2.55. The van der Waals surface area contributed by atoms with Gasteiger partial charge in [-0.3, -0.25) is 9.59 Å². The Labute approximate surface area is 110 Å². The lowest BCUT2D eigenvalue weighted by Crippen LogP contribution is -2.38. The molecule has 2 aliphatic rings. The third kappa shape index (κ3) is 1.88. The molecule has 0 radical (unpaired) electrons. The van der Waals surface area contributed by atoms with E-state index in [1.165, 1.54) is 0 Å². The van der Waals surface area contributed by atoms with Crippen molar-refractivity contribution in [3.8, 4) is 0 Å². The fraction of sp³-hybridized carbons (Fsp3) is 0.867. The van der Waals surface area contributed by atoms with Crippen LogP contribution >= 0.6 is 0 Å². The Kier molecular flexibility index (Phi) is 3.07. The summed E-state index contributed by atoms with van der Waals surface area (Å²) in [5.41, 5.74) is 0.181. The van der Waals surface area contributed by atoms with Crippen molar-refractivity contribution in [3.63, 3.8) is 0 Å². The Morgan fingerprint density at radius 2 is 1.72 bits per heavy atom. The van der Waals surface area contributed by atoms with Crippen LogP contribution in [0.1, 0.15) is 53.9 Å². The topological polar surface area (TPSA) is 37.4 Å². The monoisotopic (exact) mass is 251 g/mol. The van der Waals surface area contributed by atoms with Crippen molar-refractivity contribution in [2.45, 2.75) is 59.9 Å². The Morgan fingerprint density at radius 1 is 1.17 bits per heavy atom. The Bertz CT molecular complexity index is 370. The third-order valence-electron chi connectivity index (χ3n) is 5.45. The molecule has 1 unspecified atom stereocenters. The Morgan fingerprint density at radius 3 is 2.17 bits per heavy atom. The van der Waals surface area contributed by atoms with Crippen molar-refractivity contribution < 1.29 is 9.59 Å². The molecule has 2 fully saturated rings. The predicted molar refractivity (Wildman–Crippen MR) is 71.1 cm³/mol. The number of carbonyl (C=O) groups is 2. The van der Waals surface area contributed by atoms with E-state index in [4.69, 9.17) is 0 Å². The van der Waals surface area contributed by atoms with Crippen molar-refractivity contribution in [3.05, 3.63) is 0 Å². The van der Waals surface area contributed by atoms with Gasteiger partial charge in [0, 0.05) is 24.9 Å². The average molecular weight is 251 g/mol. The van der Waals surface area contributed by atoms with Crippen LogP contribution in [0.3, 0.4) is 0 Å². The van der Waals surface area contributed by atoms with Gasteiger partial charge in [0.15, 0.2) is 0 Å². The van der Waals surface area contributed by atoms with Gasteiger partial charge < -0.3 is 4.90 Å². The maximum atomic E-state index is 12.6. The van der Waals surface area contributed by atoms with E-state index < -0.39 is 0 Å². The van der Waals surface area contributed by atoms with Crippen molar-refractivity contribution in [1.82, 2.24) is 4.90 Å². The van der Waals surface area contributed by atoms with E-state index in [0.717, 1.165) is 19.4 Å². The number of carbonyl (C=O) groups excluding carboxylic acids is 2. The minimum atomic E-state index is 0.0907. The molecule has 0 bridgehead atoms. The van der Waals surface area contributed by atoms with E-state index in [2.05, 4.69) is 27.7 Å². The molecule has 0 aromatic rings. The molecule has 1 amide bonds. The van der Waals surface area contributed by atoms with Gasteiger partial charge in [0.05, 0.1) is 0 Å². The number of amides is 1. The molecule has 0 spiro atoms. The van der Waals surface area contributed by atoms with Crippen LogP contribution in [-0.4, -0.2) is 29.2 Å². The molecule has 1 aliphatic heterocycles. The van der Waals surface area contributed by atoms with Gasteiger partial charge in [-0.1, -0.05) is 27.7 Å². The van der Waals surface area contributed by atoms with Gasteiger partial charge >= 0.3 is 0 Å². The molecule has 2 rings (SSSR count). The normalized spacial score (nSPS) is 29.4. The van der Waals surface area contributed by atoms with E-state index in [0.29, 0.717) is 6.42 Å². The van der Waals surface area contributed by atoms with Gasteiger partial charge in [0.25, 0.3) is 0 Å². The van der Waals surface area contributed by atoms with Crippen LogP contribution in [0.4, 0.5) is 0 Å². The van der Waals surface area contributed by atoms with Crippen molar-refractivity contribution in [2.24, 2.45) is 16.7 Å². The first kappa shape index (κ1) is 13.6. The SMILES string of the molecule is CC(=O)CC1CCCN1C(=O)C1C(C)(C)C1(C)C. The second-order valence-electron chi connectivity index (χ2n) is 7.11. The molecule has 102 valence electrons.